The van der Waals surface area contributed by atoms with E-state index in [-0.39, 0.29) is 24.3 Å². The number of carbonyl (C=O) groups excluding carboxylic acids is 3. The molecule has 1 aliphatic rings. The van der Waals surface area contributed by atoms with Crippen LogP contribution in [-0.4, -0.2) is 42.4 Å². The summed E-state index contributed by atoms with van der Waals surface area (Å²) in [4.78, 5) is 37.2. The molecule has 130 valence electrons. The number of methoxy groups -OCH3 is 1. The number of carbonyl (C=O) groups is 3. The van der Waals surface area contributed by atoms with Gasteiger partial charge in [0.15, 0.2) is 0 Å². The summed E-state index contributed by atoms with van der Waals surface area (Å²) in [7, 11) is 1.31. The zero-order valence-electron chi connectivity index (χ0n) is 14.2. The van der Waals surface area contributed by atoms with Crippen LogP contribution in [0.2, 0.25) is 0 Å². The first-order valence-electron chi connectivity index (χ1n) is 8.26. The molecule has 0 atom stereocenters. The summed E-state index contributed by atoms with van der Waals surface area (Å²) < 4.78 is 4.66. The summed E-state index contributed by atoms with van der Waals surface area (Å²) in [5.41, 5.74) is 0.921. The normalized spacial score (nSPS) is 14.2. The average molecular weight is 332 g/mol. The van der Waals surface area contributed by atoms with E-state index in [9.17, 15) is 14.4 Å². The predicted molar refractivity (Wildman–Crippen MR) is 90.7 cm³/mol. The Hall–Kier alpha value is -2.37. The monoisotopic (exact) mass is 332 g/mol. The van der Waals surface area contributed by atoms with Gasteiger partial charge in [0.05, 0.1) is 12.7 Å². The van der Waals surface area contributed by atoms with Crippen LogP contribution in [0.15, 0.2) is 24.3 Å². The van der Waals surface area contributed by atoms with Gasteiger partial charge in [-0.2, -0.15) is 0 Å². The van der Waals surface area contributed by atoms with Gasteiger partial charge in [0, 0.05) is 31.6 Å². The van der Waals surface area contributed by atoms with E-state index in [1.807, 2.05) is 0 Å². The maximum absolute atomic E-state index is 12.1. The van der Waals surface area contributed by atoms with Crippen molar-refractivity contribution in [1.82, 2.24) is 4.90 Å². The highest BCUT2D eigenvalue weighted by Crippen LogP contribution is 2.23. The number of esters is 1. The molecule has 0 aromatic heterocycles. The maximum atomic E-state index is 12.1. The zero-order valence-corrected chi connectivity index (χ0v) is 14.2. The highest BCUT2D eigenvalue weighted by atomic mass is 16.5. The lowest BCUT2D eigenvalue weighted by atomic mass is 10.2. The number of ether oxygens (including phenoxy) is 1. The van der Waals surface area contributed by atoms with E-state index < -0.39 is 5.97 Å². The summed E-state index contributed by atoms with van der Waals surface area (Å²) in [5.74, 6) is -0.612. The van der Waals surface area contributed by atoms with Crippen molar-refractivity contribution in [1.29, 1.82) is 0 Å². The number of anilines is 1. The molecular formula is C18H24N2O4. The van der Waals surface area contributed by atoms with Crippen molar-refractivity contribution in [3.63, 3.8) is 0 Å². The molecule has 0 radical (unpaired) electrons. The molecule has 6 heteroatoms. The van der Waals surface area contributed by atoms with Gasteiger partial charge in [-0.3, -0.25) is 9.59 Å². The number of nitrogens with zero attached hydrogens (tertiary/aromatic N) is 1. The van der Waals surface area contributed by atoms with E-state index >= 15 is 0 Å². The molecule has 2 amide bonds. The number of amides is 2. The van der Waals surface area contributed by atoms with Gasteiger partial charge < -0.3 is 15.0 Å². The zero-order chi connectivity index (χ0) is 17.5. The third-order valence-electron chi connectivity index (χ3n) is 4.32. The highest BCUT2D eigenvalue weighted by molar-refractivity contribution is 5.94. The molecule has 0 unspecified atom stereocenters. The van der Waals surface area contributed by atoms with Crippen LogP contribution in [0.5, 0.6) is 0 Å². The fraction of sp³-hybridized carbons (Fsp3) is 0.500. The van der Waals surface area contributed by atoms with Gasteiger partial charge in [0.1, 0.15) is 0 Å². The van der Waals surface area contributed by atoms with Crippen LogP contribution in [0.4, 0.5) is 5.69 Å². The van der Waals surface area contributed by atoms with Crippen molar-refractivity contribution in [3.05, 3.63) is 29.8 Å². The number of hydrogen-bond donors (Lipinski definition) is 1. The molecule has 1 aromatic rings. The predicted octanol–water partition coefficient (Wildman–Crippen LogP) is 2.59. The van der Waals surface area contributed by atoms with Crippen molar-refractivity contribution in [2.75, 3.05) is 19.0 Å². The van der Waals surface area contributed by atoms with Gasteiger partial charge in [-0.15, -0.1) is 0 Å². The molecular weight excluding hydrogens is 308 g/mol. The molecule has 2 rings (SSSR count). The molecule has 0 saturated heterocycles. The van der Waals surface area contributed by atoms with Gasteiger partial charge in [0.2, 0.25) is 11.8 Å². The second-order valence-corrected chi connectivity index (χ2v) is 6.02. The standard InChI is InChI=1S/C18H24N2O4/c1-13(21)20(16-8-3-4-9-16)11-10-17(22)19-15-7-5-6-14(12-15)18(23)24-2/h5-7,12,16H,3-4,8-11H2,1-2H3,(H,19,22). The number of hydrogen-bond acceptors (Lipinski definition) is 4. The molecule has 1 fully saturated rings. The van der Waals surface area contributed by atoms with Crippen molar-refractivity contribution in [2.45, 2.75) is 45.1 Å². The molecule has 24 heavy (non-hydrogen) atoms. The van der Waals surface area contributed by atoms with Crippen LogP contribution in [0, 0.1) is 0 Å². The Kier molecular flexibility index (Phi) is 6.35. The minimum Gasteiger partial charge on any atom is -0.465 e. The fourth-order valence-corrected chi connectivity index (χ4v) is 3.10. The molecule has 6 nitrogen and oxygen atoms in total. The highest BCUT2D eigenvalue weighted by Gasteiger charge is 2.24. The Bertz CT molecular complexity index is 609. The summed E-state index contributed by atoms with van der Waals surface area (Å²) in [6, 6.07) is 6.85. The Morgan fingerprint density at radius 3 is 2.58 bits per heavy atom. The first-order valence-corrected chi connectivity index (χ1v) is 8.26. The van der Waals surface area contributed by atoms with Gasteiger partial charge in [-0.25, -0.2) is 4.79 Å². The molecule has 1 saturated carbocycles. The maximum Gasteiger partial charge on any atom is 0.337 e. The molecule has 0 bridgehead atoms. The largest absolute Gasteiger partial charge is 0.465 e. The Morgan fingerprint density at radius 2 is 1.96 bits per heavy atom. The number of nitrogens with one attached hydrogen (secondary N) is 1. The van der Waals surface area contributed by atoms with Gasteiger partial charge in [-0.05, 0) is 31.0 Å². The Labute approximate surface area is 142 Å². The minimum absolute atomic E-state index is 0.0161. The summed E-state index contributed by atoms with van der Waals surface area (Å²) in [5, 5.41) is 2.76. The molecule has 1 N–H and O–H groups in total. The lowest BCUT2D eigenvalue weighted by Gasteiger charge is -2.27. The quantitative estimate of drug-likeness (QED) is 0.813. The molecule has 0 heterocycles. The molecule has 0 spiro atoms. The van der Waals surface area contributed by atoms with Crippen molar-refractivity contribution < 1.29 is 19.1 Å². The lowest BCUT2D eigenvalue weighted by Crippen LogP contribution is -2.39. The number of rotatable bonds is 6. The first kappa shape index (κ1) is 18.0. The van der Waals surface area contributed by atoms with Crippen molar-refractivity contribution >= 4 is 23.5 Å². The smallest absolute Gasteiger partial charge is 0.337 e. The van der Waals surface area contributed by atoms with Crippen LogP contribution < -0.4 is 5.32 Å². The summed E-state index contributed by atoms with van der Waals surface area (Å²) >= 11 is 0. The summed E-state index contributed by atoms with van der Waals surface area (Å²) in [6.07, 6.45) is 4.55. The molecule has 0 aliphatic heterocycles. The third kappa shape index (κ3) is 4.81. The number of benzene rings is 1. The van der Waals surface area contributed by atoms with Gasteiger partial charge >= 0.3 is 5.97 Å². The second-order valence-electron chi connectivity index (χ2n) is 6.02. The van der Waals surface area contributed by atoms with E-state index in [1.165, 1.54) is 7.11 Å². The average Bonchev–Trinajstić information content (AvgIpc) is 3.08. The van der Waals surface area contributed by atoms with E-state index in [4.69, 9.17) is 0 Å². The van der Waals surface area contributed by atoms with Crippen LogP contribution in [-0.2, 0) is 14.3 Å². The molecule has 1 aromatic carbocycles. The second kappa shape index (κ2) is 8.47. The van der Waals surface area contributed by atoms with Crippen LogP contribution in [0.1, 0.15) is 49.4 Å². The SMILES string of the molecule is COC(=O)c1cccc(NC(=O)CCN(C(C)=O)C2CCCC2)c1. The topological polar surface area (TPSA) is 75.7 Å². The van der Waals surface area contributed by atoms with E-state index in [1.54, 1.807) is 36.1 Å². The Balaban J connectivity index is 1.90. The van der Waals surface area contributed by atoms with Crippen LogP contribution in [0.25, 0.3) is 0 Å². The van der Waals surface area contributed by atoms with Crippen molar-refractivity contribution in [3.8, 4) is 0 Å². The van der Waals surface area contributed by atoms with E-state index in [0.717, 1.165) is 25.7 Å². The summed E-state index contributed by atoms with van der Waals surface area (Å²) in [6.45, 7) is 1.97. The van der Waals surface area contributed by atoms with Crippen molar-refractivity contribution in [2.24, 2.45) is 0 Å². The van der Waals surface area contributed by atoms with E-state index in [2.05, 4.69) is 10.1 Å². The fourth-order valence-electron chi connectivity index (χ4n) is 3.10. The van der Waals surface area contributed by atoms with Gasteiger partial charge in [0.25, 0.3) is 0 Å². The van der Waals surface area contributed by atoms with Crippen LogP contribution in [0.3, 0.4) is 0 Å². The van der Waals surface area contributed by atoms with E-state index in [0.29, 0.717) is 17.8 Å². The molecule has 1 aliphatic carbocycles. The first-order chi connectivity index (χ1) is 11.5. The van der Waals surface area contributed by atoms with Gasteiger partial charge in [-0.1, -0.05) is 18.9 Å². The Morgan fingerprint density at radius 1 is 1.25 bits per heavy atom. The minimum atomic E-state index is -0.449. The lowest BCUT2D eigenvalue weighted by molar-refractivity contribution is -0.131. The van der Waals surface area contributed by atoms with Crippen LogP contribution >= 0.6 is 0 Å². The third-order valence-corrected chi connectivity index (χ3v) is 4.32.